The summed E-state index contributed by atoms with van der Waals surface area (Å²) in [4.78, 5) is 2.38. The minimum absolute atomic E-state index is 0. The smallest absolute Gasteiger partial charge is 0.343 e. The fourth-order valence-corrected chi connectivity index (χ4v) is 4.65. The minimum atomic E-state index is -4.31. The molecule has 0 fully saturated rings. The van der Waals surface area contributed by atoms with Gasteiger partial charge in [0, 0.05) is 29.4 Å². The molecule has 0 amide bonds. The number of hydrogen-bond donors (Lipinski definition) is 0. The highest BCUT2D eigenvalue weighted by Crippen LogP contribution is 2.38. The fraction of sp³-hybridized carbons (Fsp3) is 0.500. The van der Waals surface area contributed by atoms with Gasteiger partial charge < -0.3 is 9.47 Å². The number of aromatic nitrogens is 1. The summed E-state index contributed by atoms with van der Waals surface area (Å²) in [6.45, 7) is 8.21. The molecular formula is C20H26ClF3N2S. The number of rotatable bonds is 7. The number of fused-ring (bicyclic) bond motifs is 1. The van der Waals surface area contributed by atoms with Gasteiger partial charge in [0.25, 0.3) is 0 Å². The molecule has 1 aliphatic heterocycles. The quantitative estimate of drug-likeness (QED) is 0.538. The first-order valence-corrected chi connectivity index (χ1v) is 10.3. The van der Waals surface area contributed by atoms with E-state index in [0.29, 0.717) is 5.56 Å². The molecule has 0 saturated carbocycles. The maximum absolute atomic E-state index is 13.1. The number of nitrogens with zero attached hydrogens (tertiary/aromatic N) is 2. The Morgan fingerprint density at radius 2 is 1.85 bits per heavy atom. The van der Waals surface area contributed by atoms with E-state index in [1.165, 1.54) is 23.4 Å². The summed E-state index contributed by atoms with van der Waals surface area (Å²) in [5.41, 5.74) is 3.54. The van der Waals surface area contributed by atoms with Gasteiger partial charge in [-0.1, -0.05) is 26.0 Å². The summed E-state index contributed by atoms with van der Waals surface area (Å²) in [6.07, 6.45) is -3.31. The van der Waals surface area contributed by atoms with E-state index in [9.17, 15) is 13.2 Å². The molecule has 0 radical (unpaired) electrons. The van der Waals surface area contributed by atoms with Crippen molar-refractivity contribution >= 4 is 24.2 Å². The molecule has 2 aromatic rings. The van der Waals surface area contributed by atoms with E-state index in [-0.39, 0.29) is 12.4 Å². The van der Waals surface area contributed by atoms with Crippen molar-refractivity contribution in [2.75, 3.05) is 19.6 Å². The molecule has 150 valence electrons. The van der Waals surface area contributed by atoms with Gasteiger partial charge in [-0.2, -0.15) is 24.9 Å². The van der Waals surface area contributed by atoms with E-state index < -0.39 is 11.7 Å². The van der Waals surface area contributed by atoms with Crippen LogP contribution in [0.1, 0.15) is 37.1 Å². The molecule has 0 saturated heterocycles. The number of thioether (sulfide) groups is 1. The maximum atomic E-state index is 13.1. The van der Waals surface area contributed by atoms with Crippen molar-refractivity contribution in [3.8, 4) is 11.3 Å². The second-order valence-corrected chi connectivity index (χ2v) is 7.59. The number of hydrogen-bond acceptors (Lipinski definition) is 2. The molecule has 0 N–H and O–H groups in total. The Kier molecular flexibility index (Phi) is 7.72. The Labute approximate surface area is 169 Å². The molecule has 0 bridgehead atoms. The number of alkyl halides is 3. The summed E-state index contributed by atoms with van der Waals surface area (Å²) in [5.74, 6) is 1.89. The van der Waals surface area contributed by atoms with Crippen LogP contribution >= 0.6 is 24.2 Å². The molecule has 2 nitrogen and oxygen atoms in total. The monoisotopic (exact) mass is 418 g/mol. The Bertz CT molecular complexity index is 754. The summed E-state index contributed by atoms with van der Waals surface area (Å²) in [5, 5.41) is 0. The highest BCUT2D eigenvalue weighted by molar-refractivity contribution is 7.98. The van der Waals surface area contributed by atoms with Gasteiger partial charge in [0.15, 0.2) is 0 Å². The van der Waals surface area contributed by atoms with E-state index in [1.54, 1.807) is 6.07 Å². The highest BCUT2D eigenvalue weighted by atomic mass is 35.5. The van der Waals surface area contributed by atoms with Crippen LogP contribution in [-0.4, -0.2) is 29.1 Å². The van der Waals surface area contributed by atoms with Gasteiger partial charge in [0.05, 0.1) is 5.56 Å². The van der Waals surface area contributed by atoms with Gasteiger partial charge in [-0.15, -0.1) is 12.4 Å². The summed E-state index contributed by atoms with van der Waals surface area (Å²) in [7, 11) is 0. The zero-order valence-corrected chi connectivity index (χ0v) is 17.3. The van der Waals surface area contributed by atoms with Crippen molar-refractivity contribution in [2.45, 2.75) is 44.5 Å². The van der Waals surface area contributed by atoms with E-state index in [2.05, 4.69) is 29.4 Å². The summed E-state index contributed by atoms with van der Waals surface area (Å²) in [6, 6.07) is 7.79. The van der Waals surface area contributed by atoms with Gasteiger partial charge in [0.2, 0.25) is 0 Å². The molecule has 2 heterocycles. The molecule has 0 unspecified atom stereocenters. The van der Waals surface area contributed by atoms with Gasteiger partial charge in [-0.05, 0) is 55.4 Å². The topological polar surface area (TPSA) is 8.17 Å². The van der Waals surface area contributed by atoms with Gasteiger partial charge in [-0.25, -0.2) is 0 Å². The van der Waals surface area contributed by atoms with Crippen molar-refractivity contribution in [3.05, 3.63) is 47.2 Å². The van der Waals surface area contributed by atoms with Crippen LogP contribution in [0.2, 0.25) is 0 Å². The molecule has 1 aliphatic rings. The Hall–Kier alpha value is -1.11. The third kappa shape index (κ3) is 5.04. The first-order chi connectivity index (χ1) is 12.4. The molecule has 7 heteroatoms. The Balaban J connectivity index is 0.00000261. The lowest BCUT2D eigenvalue weighted by atomic mass is 10.1. The lowest BCUT2D eigenvalue weighted by Crippen LogP contribution is -2.25. The van der Waals surface area contributed by atoms with Crippen LogP contribution in [-0.2, 0) is 24.2 Å². The molecular weight excluding hydrogens is 393 g/mol. The standard InChI is InChI=1S/C20H25F3N2S.ClH/c1-3-24(4-2)9-6-10-25-18(12-16-13-26-14-19(16)25)15-7-5-8-17(11-15)20(21,22)23;/h5,7-8,11-12H,3-4,6,9-10,13-14H2,1-2H3;1H. The second-order valence-electron chi connectivity index (χ2n) is 6.60. The van der Waals surface area contributed by atoms with Crippen LogP contribution in [0.15, 0.2) is 30.3 Å². The molecule has 1 aromatic heterocycles. The zero-order valence-electron chi connectivity index (χ0n) is 15.7. The molecule has 3 rings (SSSR count). The maximum Gasteiger partial charge on any atom is 0.416 e. The number of halogens is 4. The van der Waals surface area contributed by atoms with Gasteiger partial charge in [-0.3, -0.25) is 0 Å². The van der Waals surface area contributed by atoms with E-state index in [0.717, 1.165) is 55.9 Å². The van der Waals surface area contributed by atoms with Crippen LogP contribution in [0.4, 0.5) is 13.2 Å². The van der Waals surface area contributed by atoms with E-state index in [1.807, 2.05) is 11.8 Å². The average molecular weight is 419 g/mol. The molecule has 27 heavy (non-hydrogen) atoms. The third-order valence-corrected chi connectivity index (χ3v) is 6.02. The van der Waals surface area contributed by atoms with Gasteiger partial charge in [0.1, 0.15) is 0 Å². The van der Waals surface area contributed by atoms with E-state index >= 15 is 0 Å². The zero-order chi connectivity index (χ0) is 18.7. The number of benzene rings is 1. The lowest BCUT2D eigenvalue weighted by Gasteiger charge is -2.19. The van der Waals surface area contributed by atoms with Crippen LogP contribution in [0.3, 0.4) is 0 Å². The van der Waals surface area contributed by atoms with Crippen molar-refractivity contribution in [1.82, 2.24) is 9.47 Å². The van der Waals surface area contributed by atoms with E-state index in [4.69, 9.17) is 0 Å². The SMILES string of the molecule is CCN(CC)CCCn1c(-c2cccc(C(F)(F)F)c2)cc2c1CSC2.Cl. The predicted octanol–water partition coefficient (Wildman–Crippen LogP) is 6.07. The third-order valence-electron chi connectivity index (χ3n) is 5.03. The van der Waals surface area contributed by atoms with Crippen LogP contribution in [0.5, 0.6) is 0 Å². The average Bonchev–Trinajstić information content (AvgIpc) is 3.20. The first-order valence-electron chi connectivity index (χ1n) is 9.13. The normalized spacial score (nSPS) is 13.7. The van der Waals surface area contributed by atoms with Gasteiger partial charge >= 0.3 is 6.18 Å². The Morgan fingerprint density at radius 3 is 2.52 bits per heavy atom. The minimum Gasteiger partial charge on any atom is -0.343 e. The van der Waals surface area contributed by atoms with Crippen molar-refractivity contribution in [3.63, 3.8) is 0 Å². The van der Waals surface area contributed by atoms with Crippen LogP contribution in [0.25, 0.3) is 11.3 Å². The van der Waals surface area contributed by atoms with Crippen molar-refractivity contribution in [1.29, 1.82) is 0 Å². The second kappa shape index (κ2) is 9.39. The molecule has 0 spiro atoms. The van der Waals surface area contributed by atoms with Crippen LogP contribution in [0, 0.1) is 0 Å². The highest BCUT2D eigenvalue weighted by Gasteiger charge is 2.31. The largest absolute Gasteiger partial charge is 0.416 e. The summed E-state index contributed by atoms with van der Waals surface area (Å²) >= 11 is 1.87. The molecule has 0 aliphatic carbocycles. The Morgan fingerprint density at radius 1 is 1.11 bits per heavy atom. The molecule has 0 atom stereocenters. The first kappa shape index (κ1) is 22.2. The van der Waals surface area contributed by atoms with Crippen molar-refractivity contribution < 1.29 is 13.2 Å². The fourth-order valence-electron chi connectivity index (χ4n) is 3.54. The lowest BCUT2D eigenvalue weighted by molar-refractivity contribution is -0.137. The summed E-state index contributed by atoms with van der Waals surface area (Å²) < 4.78 is 41.5. The molecule has 1 aromatic carbocycles. The predicted molar refractivity (Wildman–Crippen MR) is 110 cm³/mol. The van der Waals surface area contributed by atoms with Crippen LogP contribution < -0.4 is 0 Å². The van der Waals surface area contributed by atoms with Crippen molar-refractivity contribution in [2.24, 2.45) is 0 Å².